The topological polar surface area (TPSA) is 42.0 Å². The third kappa shape index (κ3) is 3.86. The van der Waals surface area contributed by atoms with Crippen LogP contribution in [0.4, 0.5) is 4.39 Å². The van der Waals surface area contributed by atoms with Gasteiger partial charge in [0.05, 0.1) is 11.0 Å². The third-order valence-corrected chi connectivity index (χ3v) is 3.42. The van der Waals surface area contributed by atoms with Crippen molar-refractivity contribution in [2.45, 2.75) is 4.83 Å². The molecule has 1 N–H and O–H groups in total. The zero-order valence-electron chi connectivity index (χ0n) is 10.0. The number of halogens is 2. The Kier molecular flexibility index (Phi) is 4.63. The molecule has 0 aliphatic heterocycles. The number of hydrogen-bond acceptors (Lipinski definition) is 2. The summed E-state index contributed by atoms with van der Waals surface area (Å²) in [5.41, 5.74) is 1.28. The van der Waals surface area contributed by atoms with Gasteiger partial charge in [-0.05, 0) is 17.7 Å². The summed E-state index contributed by atoms with van der Waals surface area (Å²) in [6.45, 7) is 0.432. The molecule has 0 radical (unpaired) electrons. The Morgan fingerprint density at radius 3 is 2.63 bits per heavy atom. The van der Waals surface area contributed by atoms with Gasteiger partial charge in [0.15, 0.2) is 0 Å². The summed E-state index contributed by atoms with van der Waals surface area (Å²) in [6, 6.07) is 12.3. The van der Waals surface area contributed by atoms with Crippen LogP contribution in [0.3, 0.4) is 0 Å². The van der Waals surface area contributed by atoms with Gasteiger partial charge in [-0.15, -0.1) is 0 Å². The largest absolute Gasteiger partial charge is 0.349 e. The highest BCUT2D eigenvalue weighted by molar-refractivity contribution is 9.09. The fraction of sp³-hybridized carbons (Fsp3) is 0.143. The number of rotatable bonds is 4. The lowest BCUT2D eigenvalue weighted by Gasteiger charge is -2.11. The van der Waals surface area contributed by atoms with E-state index in [0.29, 0.717) is 6.54 Å². The second-order valence-corrected chi connectivity index (χ2v) is 5.06. The third-order valence-electron chi connectivity index (χ3n) is 2.56. The lowest BCUT2D eigenvalue weighted by atomic mass is 10.1. The van der Waals surface area contributed by atoms with Crippen molar-refractivity contribution in [1.29, 1.82) is 0 Å². The van der Waals surface area contributed by atoms with Crippen molar-refractivity contribution in [2.24, 2.45) is 0 Å². The number of nitrogens with zero attached hydrogens (tertiary/aromatic N) is 1. The SMILES string of the molecule is O=C(NCC(Br)c1ccccc1)c1ccc(F)cn1. The van der Waals surface area contributed by atoms with Gasteiger partial charge in [0.25, 0.3) is 5.91 Å². The van der Waals surface area contributed by atoms with Crippen molar-refractivity contribution in [3.8, 4) is 0 Å². The van der Waals surface area contributed by atoms with Crippen molar-refractivity contribution in [2.75, 3.05) is 6.54 Å². The van der Waals surface area contributed by atoms with Crippen molar-refractivity contribution >= 4 is 21.8 Å². The molecular weight excluding hydrogens is 311 g/mol. The molecule has 3 nitrogen and oxygen atoms in total. The first-order valence-corrected chi connectivity index (χ1v) is 6.67. The van der Waals surface area contributed by atoms with Crippen molar-refractivity contribution in [1.82, 2.24) is 10.3 Å². The summed E-state index contributed by atoms with van der Waals surface area (Å²) in [5, 5.41) is 2.75. The monoisotopic (exact) mass is 322 g/mol. The average molecular weight is 323 g/mol. The van der Waals surface area contributed by atoms with Gasteiger partial charge in [-0.2, -0.15) is 0 Å². The molecule has 5 heteroatoms. The second-order valence-electron chi connectivity index (χ2n) is 3.95. The smallest absolute Gasteiger partial charge is 0.269 e. The lowest BCUT2D eigenvalue weighted by molar-refractivity contribution is 0.0949. The Morgan fingerprint density at radius 1 is 1.26 bits per heavy atom. The fourth-order valence-electron chi connectivity index (χ4n) is 1.56. The number of nitrogens with one attached hydrogen (secondary N) is 1. The minimum Gasteiger partial charge on any atom is -0.349 e. The van der Waals surface area contributed by atoms with Crippen LogP contribution < -0.4 is 5.32 Å². The molecular formula is C14H12BrFN2O. The van der Waals surface area contributed by atoms with Crippen LogP contribution in [0.25, 0.3) is 0 Å². The number of carbonyl (C=O) groups is 1. The first-order chi connectivity index (χ1) is 9.16. The number of alkyl halides is 1. The summed E-state index contributed by atoms with van der Waals surface area (Å²) in [4.78, 5) is 15.5. The van der Waals surface area contributed by atoms with Crippen LogP contribution in [0.5, 0.6) is 0 Å². The Morgan fingerprint density at radius 2 is 2.00 bits per heavy atom. The standard InChI is InChI=1S/C14H12BrFN2O/c15-12(10-4-2-1-3-5-10)9-18-14(19)13-7-6-11(16)8-17-13/h1-8,12H,9H2,(H,18,19). The van der Waals surface area contributed by atoms with Crippen LogP contribution in [0, 0.1) is 5.82 Å². The number of carbonyl (C=O) groups excluding carboxylic acids is 1. The quantitative estimate of drug-likeness (QED) is 0.879. The maximum atomic E-state index is 12.7. The number of amides is 1. The van der Waals surface area contributed by atoms with Gasteiger partial charge < -0.3 is 5.32 Å². The first-order valence-electron chi connectivity index (χ1n) is 5.75. The predicted molar refractivity (Wildman–Crippen MR) is 74.6 cm³/mol. The molecule has 1 aromatic heterocycles. The zero-order chi connectivity index (χ0) is 13.7. The minimum atomic E-state index is -0.459. The summed E-state index contributed by atoms with van der Waals surface area (Å²) >= 11 is 3.50. The molecule has 1 heterocycles. The molecule has 1 unspecified atom stereocenters. The van der Waals surface area contributed by atoms with E-state index in [-0.39, 0.29) is 16.4 Å². The molecule has 1 amide bonds. The Hall–Kier alpha value is -1.75. The van der Waals surface area contributed by atoms with Gasteiger partial charge in [-0.3, -0.25) is 4.79 Å². The zero-order valence-corrected chi connectivity index (χ0v) is 11.6. The van der Waals surface area contributed by atoms with E-state index in [2.05, 4.69) is 26.2 Å². The van der Waals surface area contributed by atoms with E-state index < -0.39 is 5.82 Å². The van der Waals surface area contributed by atoms with E-state index in [1.54, 1.807) is 0 Å². The molecule has 0 spiro atoms. The van der Waals surface area contributed by atoms with Gasteiger partial charge in [0.1, 0.15) is 11.5 Å². The van der Waals surface area contributed by atoms with E-state index in [4.69, 9.17) is 0 Å². The lowest BCUT2D eigenvalue weighted by Crippen LogP contribution is -2.27. The summed E-state index contributed by atoms with van der Waals surface area (Å²) < 4.78 is 12.7. The molecule has 19 heavy (non-hydrogen) atoms. The highest BCUT2D eigenvalue weighted by atomic mass is 79.9. The molecule has 2 aromatic rings. The van der Waals surface area contributed by atoms with E-state index in [0.717, 1.165) is 11.8 Å². The Labute approximate surface area is 119 Å². The van der Waals surface area contributed by atoms with Crippen molar-refractivity contribution in [3.05, 3.63) is 65.7 Å². The summed E-state index contributed by atoms with van der Waals surface area (Å²) in [6.07, 6.45) is 1.03. The van der Waals surface area contributed by atoms with Gasteiger partial charge in [0, 0.05) is 6.54 Å². The molecule has 0 saturated heterocycles. The van der Waals surface area contributed by atoms with Gasteiger partial charge >= 0.3 is 0 Å². The van der Waals surface area contributed by atoms with Crippen LogP contribution in [-0.2, 0) is 0 Å². The van der Waals surface area contributed by atoms with Crippen LogP contribution >= 0.6 is 15.9 Å². The number of pyridine rings is 1. The Bertz CT molecular complexity index is 545. The highest BCUT2D eigenvalue weighted by Gasteiger charge is 2.11. The normalized spacial score (nSPS) is 11.9. The number of hydrogen-bond donors (Lipinski definition) is 1. The number of aromatic nitrogens is 1. The van der Waals surface area contributed by atoms with Gasteiger partial charge in [-0.1, -0.05) is 46.3 Å². The molecule has 1 aromatic carbocycles. The van der Waals surface area contributed by atoms with Crippen molar-refractivity contribution in [3.63, 3.8) is 0 Å². The van der Waals surface area contributed by atoms with Crippen LogP contribution in [-0.4, -0.2) is 17.4 Å². The van der Waals surface area contributed by atoms with E-state index in [9.17, 15) is 9.18 Å². The predicted octanol–water partition coefficient (Wildman–Crippen LogP) is 3.09. The van der Waals surface area contributed by atoms with Crippen molar-refractivity contribution < 1.29 is 9.18 Å². The first kappa shape index (κ1) is 13.7. The summed E-state index contributed by atoms with van der Waals surface area (Å²) in [5.74, 6) is -0.778. The fourth-order valence-corrected chi connectivity index (χ4v) is 2.03. The molecule has 2 rings (SSSR count). The van der Waals surface area contributed by atoms with E-state index in [1.807, 2.05) is 30.3 Å². The van der Waals surface area contributed by atoms with Crippen LogP contribution in [0.15, 0.2) is 48.7 Å². The van der Waals surface area contributed by atoms with Gasteiger partial charge in [0.2, 0.25) is 0 Å². The molecule has 0 bridgehead atoms. The molecule has 0 aliphatic rings. The van der Waals surface area contributed by atoms with Crippen LogP contribution in [0.2, 0.25) is 0 Å². The van der Waals surface area contributed by atoms with E-state index >= 15 is 0 Å². The summed E-state index contributed by atoms with van der Waals surface area (Å²) in [7, 11) is 0. The molecule has 0 saturated carbocycles. The molecule has 0 fully saturated rings. The second kappa shape index (κ2) is 6.43. The Balaban J connectivity index is 1.92. The average Bonchev–Trinajstić information content (AvgIpc) is 2.46. The highest BCUT2D eigenvalue weighted by Crippen LogP contribution is 2.21. The maximum Gasteiger partial charge on any atom is 0.269 e. The van der Waals surface area contributed by atoms with Gasteiger partial charge in [-0.25, -0.2) is 9.37 Å². The van der Waals surface area contributed by atoms with Crippen LogP contribution in [0.1, 0.15) is 20.9 Å². The molecule has 0 aliphatic carbocycles. The minimum absolute atomic E-state index is 0.0260. The molecule has 98 valence electrons. The van der Waals surface area contributed by atoms with E-state index in [1.165, 1.54) is 12.1 Å². The number of benzene rings is 1. The maximum absolute atomic E-state index is 12.7. The molecule has 1 atom stereocenters.